The maximum absolute atomic E-state index is 13.9. The van der Waals surface area contributed by atoms with Crippen molar-refractivity contribution in [3.8, 4) is 0 Å². The number of sulfonamides is 1. The Labute approximate surface area is 262 Å². The largest absolute Gasteiger partial charge is 0.350 e. The number of benzene rings is 4. The highest BCUT2D eigenvalue weighted by molar-refractivity contribution is 7.89. The Morgan fingerprint density at radius 3 is 2.09 bits per heavy atom. The lowest BCUT2D eigenvalue weighted by Gasteiger charge is -2.32. The number of nitrogens with one attached hydrogen (secondary N) is 2. The van der Waals surface area contributed by atoms with Gasteiger partial charge in [-0.05, 0) is 77.9 Å². The topological polar surface area (TPSA) is 95.6 Å². The van der Waals surface area contributed by atoms with E-state index >= 15 is 0 Å². The molecule has 0 radical (unpaired) electrons. The number of nitrogens with zero attached hydrogens (tertiary/aromatic N) is 1. The molecule has 0 spiro atoms. The predicted molar refractivity (Wildman–Crippen MR) is 168 cm³/mol. The highest BCUT2D eigenvalue weighted by Crippen LogP contribution is 2.26. The molecular formula is C34H33ClFN3O4S. The third-order valence-corrected chi connectivity index (χ3v) is 9.19. The van der Waals surface area contributed by atoms with E-state index in [1.54, 1.807) is 48.5 Å². The Bertz CT molecular complexity index is 1680. The van der Waals surface area contributed by atoms with Crippen LogP contribution in [0.25, 0.3) is 0 Å². The molecule has 4 aromatic rings. The van der Waals surface area contributed by atoms with Crippen LogP contribution in [0.3, 0.4) is 0 Å². The highest BCUT2D eigenvalue weighted by Gasteiger charge is 2.31. The SMILES string of the molecule is O=C(NCc1ccc(Cl)cc1)[C@@H](c1ccccc1)N(Cc1ccc(F)cc1)C(=O)CCc1ccc(S(=O)(=O)NC2CC2)cc1. The fourth-order valence-corrected chi connectivity index (χ4v) is 6.26. The number of halogens is 2. The molecule has 44 heavy (non-hydrogen) atoms. The molecule has 1 aliphatic rings. The van der Waals surface area contributed by atoms with E-state index in [-0.39, 0.29) is 42.3 Å². The van der Waals surface area contributed by atoms with Crippen LogP contribution >= 0.6 is 11.6 Å². The Morgan fingerprint density at radius 2 is 1.45 bits per heavy atom. The van der Waals surface area contributed by atoms with Crippen LogP contribution in [-0.2, 0) is 39.1 Å². The lowest BCUT2D eigenvalue weighted by atomic mass is 10.0. The maximum atomic E-state index is 13.9. The van der Waals surface area contributed by atoms with Gasteiger partial charge >= 0.3 is 0 Å². The van der Waals surface area contributed by atoms with Crippen molar-refractivity contribution in [2.24, 2.45) is 0 Å². The average Bonchev–Trinajstić information content (AvgIpc) is 3.84. The molecule has 1 saturated carbocycles. The number of aryl methyl sites for hydroxylation is 1. The molecule has 4 aromatic carbocycles. The maximum Gasteiger partial charge on any atom is 0.247 e. The van der Waals surface area contributed by atoms with E-state index in [1.165, 1.54) is 29.2 Å². The van der Waals surface area contributed by atoms with Crippen LogP contribution in [-0.4, -0.2) is 31.2 Å². The summed E-state index contributed by atoms with van der Waals surface area (Å²) in [5, 5.41) is 3.55. The van der Waals surface area contributed by atoms with Gasteiger partial charge in [-0.2, -0.15) is 0 Å². The molecular weight excluding hydrogens is 601 g/mol. The second-order valence-electron chi connectivity index (χ2n) is 10.8. The van der Waals surface area contributed by atoms with Crippen LogP contribution in [0.2, 0.25) is 5.02 Å². The summed E-state index contributed by atoms with van der Waals surface area (Å²) in [6.07, 6.45) is 2.10. The zero-order valence-electron chi connectivity index (χ0n) is 24.0. The fourth-order valence-electron chi connectivity index (χ4n) is 4.83. The number of rotatable bonds is 13. The van der Waals surface area contributed by atoms with Crippen molar-refractivity contribution in [3.63, 3.8) is 0 Å². The van der Waals surface area contributed by atoms with E-state index in [0.29, 0.717) is 22.6 Å². The first kappa shape index (κ1) is 31.4. The fraction of sp³-hybridized carbons (Fsp3) is 0.235. The van der Waals surface area contributed by atoms with Crippen molar-refractivity contribution < 1.29 is 22.4 Å². The third kappa shape index (κ3) is 8.53. The summed E-state index contributed by atoms with van der Waals surface area (Å²) in [7, 11) is -3.58. The van der Waals surface area contributed by atoms with Crippen LogP contribution in [0.15, 0.2) is 108 Å². The van der Waals surface area contributed by atoms with Crippen LogP contribution in [0.5, 0.6) is 0 Å². The normalized spacial score (nSPS) is 13.7. The molecule has 0 heterocycles. The molecule has 0 aromatic heterocycles. The van der Waals surface area contributed by atoms with Crippen LogP contribution < -0.4 is 10.0 Å². The molecule has 1 aliphatic carbocycles. The van der Waals surface area contributed by atoms with Crippen molar-refractivity contribution in [3.05, 3.63) is 136 Å². The van der Waals surface area contributed by atoms with Crippen LogP contribution in [0, 0.1) is 5.82 Å². The van der Waals surface area contributed by atoms with Gasteiger partial charge in [-0.15, -0.1) is 0 Å². The number of hydrogen-bond acceptors (Lipinski definition) is 4. The molecule has 7 nitrogen and oxygen atoms in total. The Balaban J connectivity index is 1.37. The van der Waals surface area contributed by atoms with E-state index in [2.05, 4.69) is 10.0 Å². The van der Waals surface area contributed by atoms with Gasteiger partial charge in [0.1, 0.15) is 11.9 Å². The van der Waals surface area contributed by atoms with Gasteiger partial charge in [0.25, 0.3) is 0 Å². The summed E-state index contributed by atoms with van der Waals surface area (Å²) in [5.74, 6) is -1.04. The van der Waals surface area contributed by atoms with Gasteiger partial charge < -0.3 is 10.2 Å². The highest BCUT2D eigenvalue weighted by atomic mass is 35.5. The first-order chi connectivity index (χ1) is 21.2. The second kappa shape index (κ2) is 14.2. The summed E-state index contributed by atoms with van der Waals surface area (Å²) < 4.78 is 41.4. The summed E-state index contributed by atoms with van der Waals surface area (Å²) in [6.45, 7) is 0.319. The van der Waals surface area contributed by atoms with E-state index in [9.17, 15) is 22.4 Å². The van der Waals surface area contributed by atoms with E-state index in [1.807, 2.05) is 30.3 Å². The zero-order valence-corrected chi connectivity index (χ0v) is 25.5. The van der Waals surface area contributed by atoms with E-state index < -0.39 is 21.9 Å². The van der Waals surface area contributed by atoms with E-state index in [4.69, 9.17) is 11.6 Å². The van der Waals surface area contributed by atoms with Gasteiger partial charge in [-0.25, -0.2) is 17.5 Å². The summed E-state index contributed by atoms with van der Waals surface area (Å²) >= 11 is 6.01. The standard InChI is InChI=1S/C34H33ClFN3O4S/c35-28-13-6-25(7-14-28)22-37-34(41)33(27-4-2-1-3-5-27)39(23-26-8-15-29(36)16-9-26)32(40)21-12-24-10-19-31(20-11-24)44(42,43)38-30-17-18-30/h1-11,13-16,19-20,30,33,38H,12,17-18,21-23H2,(H,37,41)/t33-/m1/s1. The van der Waals surface area contributed by atoms with Crippen molar-refractivity contribution in [2.75, 3.05) is 0 Å². The smallest absolute Gasteiger partial charge is 0.247 e. The number of carbonyl (C=O) groups excluding carboxylic acids is 2. The second-order valence-corrected chi connectivity index (χ2v) is 13.0. The first-order valence-corrected chi connectivity index (χ1v) is 16.3. The van der Waals surface area contributed by atoms with Gasteiger partial charge in [0.15, 0.2) is 0 Å². The average molecular weight is 634 g/mol. The van der Waals surface area contributed by atoms with E-state index in [0.717, 1.165) is 24.0 Å². The molecule has 0 bridgehead atoms. The van der Waals surface area contributed by atoms with Gasteiger partial charge in [-0.3, -0.25) is 9.59 Å². The Hall–Kier alpha value is -4.05. The molecule has 0 saturated heterocycles. The molecule has 1 atom stereocenters. The molecule has 228 valence electrons. The van der Waals surface area contributed by atoms with Crippen LogP contribution in [0.4, 0.5) is 4.39 Å². The Morgan fingerprint density at radius 1 is 0.841 bits per heavy atom. The first-order valence-electron chi connectivity index (χ1n) is 14.4. The molecule has 1 fully saturated rings. The molecule has 2 N–H and O–H groups in total. The van der Waals surface area contributed by atoms with Crippen molar-refractivity contribution in [1.29, 1.82) is 0 Å². The monoisotopic (exact) mass is 633 g/mol. The lowest BCUT2D eigenvalue weighted by molar-refractivity contribution is -0.141. The molecule has 0 aliphatic heterocycles. The summed E-state index contributed by atoms with van der Waals surface area (Å²) in [6, 6.07) is 27.5. The minimum atomic E-state index is -3.58. The lowest BCUT2D eigenvalue weighted by Crippen LogP contribution is -2.43. The summed E-state index contributed by atoms with van der Waals surface area (Å²) in [5.41, 5.74) is 2.94. The third-order valence-electron chi connectivity index (χ3n) is 7.40. The minimum Gasteiger partial charge on any atom is -0.350 e. The van der Waals surface area contributed by atoms with Crippen LogP contribution in [0.1, 0.15) is 47.6 Å². The summed E-state index contributed by atoms with van der Waals surface area (Å²) in [4.78, 5) is 29.4. The van der Waals surface area contributed by atoms with Gasteiger partial charge in [0.2, 0.25) is 21.8 Å². The molecule has 2 amide bonds. The molecule has 0 unspecified atom stereocenters. The van der Waals surface area contributed by atoms with Crippen molar-refractivity contribution >= 4 is 33.4 Å². The zero-order chi connectivity index (χ0) is 31.1. The minimum absolute atomic E-state index is 0.00494. The molecule has 5 rings (SSSR count). The predicted octanol–water partition coefficient (Wildman–Crippen LogP) is 5.94. The Kier molecular flexibility index (Phi) is 10.1. The van der Waals surface area contributed by atoms with Gasteiger partial charge in [0.05, 0.1) is 4.90 Å². The van der Waals surface area contributed by atoms with Crippen molar-refractivity contribution in [2.45, 2.75) is 55.8 Å². The number of amides is 2. The van der Waals surface area contributed by atoms with Gasteiger partial charge in [-0.1, -0.05) is 78.3 Å². The van der Waals surface area contributed by atoms with Crippen molar-refractivity contribution in [1.82, 2.24) is 14.9 Å². The number of carbonyl (C=O) groups is 2. The quantitative estimate of drug-likeness (QED) is 0.191. The van der Waals surface area contributed by atoms with Gasteiger partial charge in [0, 0.05) is 30.6 Å². The number of hydrogen-bond donors (Lipinski definition) is 2. The molecule has 10 heteroatoms.